The Hall–Kier alpha value is -1.32. The van der Waals surface area contributed by atoms with Gasteiger partial charge in [0, 0.05) is 16.2 Å². The van der Waals surface area contributed by atoms with Gasteiger partial charge in [-0.1, -0.05) is 19.1 Å². The molecule has 1 atom stereocenters. The highest BCUT2D eigenvalue weighted by atomic mass is 32.1. The molecule has 0 aliphatic rings. The third-order valence-electron chi connectivity index (χ3n) is 2.92. The lowest BCUT2D eigenvalue weighted by Crippen LogP contribution is -1.99. The van der Waals surface area contributed by atoms with Gasteiger partial charge in [-0.3, -0.25) is 0 Å². The van der Waals surface area contributed by atoms with E-state index >= 15 is 0 Å². The van der Waals surface area contributed by atoms with Gasteiger partial charge < -0.3 is 9.84 Å². The van der Waals surface area contributed by atoms with Gasteiger partial charge in [0.1, 0.15) is 5.75 Å². The lowest BCUT2D eigenvalue weighted by atomic mass is 10.1. The predicted octanol–water partition coefficient (Wildman–Crippen LogP) is 3.60. The van der Waals surface area contributed by atoms with Gasteiger partial charge in [-0.25, -0.2) is 0 Å². The van der Waals surface area contributed by atoms with Crippen molar-refractivity contribution in [3.05, 3.63) is 51.7 Å². The summed E-state index contributed by atoms with van der Waals surface area (Å²) < 4.78 is 5.18. The van der Waals surface area contributed by atoms with Crippen molar-refractivity contribution in [3.8, 4) is 5.75 Å². The van der Waals surface area contributed by atoms with Gasteiger partial charge in [-0.05, 0) is 36.2 Å². The summed E-state index contributed by atoms with van der Waals surface area (Å²) >= 11 is 1.69. The molecule has 0 saturated carbocycles. The van der Waals surface area contributed by atoms with Crippen LogP contribution < -0.4 is 4.74 Å². The summed E-state index contributed by atoms with van der Waals surface area (Å²) in [6, 6.07) is 12.0. The summed E-state index contributed by atoms with van der Waals surface area (Å²) in [6.45, 7) is 2.13. The Morgan fingerprint density at radius 3 is 2.78 bits per heavy atom. The summed E-state index contributed by atoms with van der Waals surface area (Å²) in [4.78, 5) is 2.35. The van der Waals surface area contributed by atoms with E-state index in [4.69, 9.17) is 4.74 Å². The quantitative estimate of drug-likeness (QED) is 0.892. The largest absolute Gasteiger partial charge is 0.497 e. The smallest absolute Gasteiger partial charge is 0.119 e. The van der Waals surface area contributed by atoms with E-state index in [1.165, 1.54) is 4.88 Å². The molecule has 2 aromatic rings. The van der Waals surface area contributed by atoms with E-state index in [0.29, 0.717) is 6.42 Å². The molecule has 0 radical (unpaired) electrons. The zero-order chi connectivity index (χ0) is 13.0. The predicted molar refractivity (Wildman–Crippen MR) is 75.4 cm³/mol. The first-order valence-corrected chi connectivity index (χ1v) is 6.94. The number of aliphatic hydroxyl groups excluding tert-OH is 1. The summed E-state index contributed by atoms with van der Waals surface area (Å²) in [5, 5.41) is 10.2. The van der Waals surface area contributed by atoms with E-state index in [0.717, 1.165) is 22.6 Å². The first-order valence-electron chi connectivity index (χ1n) is 6.12. The summed E-state index contributed by atoms with van der Waals surface area (Å²) in [5.74, 6) is 0.833. The Morgan fingerprint density at radius 1 is 1.28 bits per heavy atom. The number of hydrogen-bond acceptors (Lipinski definition) is 3. The second kappa shape index (κ2) is 6.03. The highest BCUT2D eigenvalue weighted by Gasteiger charge is 2.11. The number of ether oxygens (including phenoxy) is 1. The maximum absolute atomic E-state index is 10.2. The Kier molecular flexibility index (Phi) is 4.39. The normalized spacial score (nSPS) is 12.4. The number of aliphatic hydroxyl groups is 1. The molecule has 0 saturated heterocycles. The fourth-order valence-corrected chi connectivity index (χ4v) is 2.83. The van der Waals surface area contributed by atoms with E-state index in [9.17, 15) is 5.11 Å². The highest BCUT2D eigenvalue weighted by Crippen LogP contribution is 2.27. The molecule has 0 spiro atoms. The van der Waals surface area contributed by atoms with Crippen LogP contribution in [0.5, 0.6) is 5.75 Å². The molecule has 2 rings (SSSR count). The summed E-state index contributed by atoms with van der Waals surface area (Å²) in [5.41, 5.74) is 1.09. The number of hydrogen-bond donors (Lipinski definition) is 1. The van der Waals surface area contributed by atoms with Crippen molar-refractivity contribution in [3.63, 3.8) is 0 Å². The van der Waals surface area contributed by atoms with E-state index in [1.54, 1.807) is 18.4 Å². The molecule has 0 aliphatic carbocycles. The van der Waals surface area contributed by atoms with Crippen LogP contribution in [0.3, 0.4) is 0 Å². The molecule has 0 fully saturated rings. The first-order chi connectivity index (χ1) is 8.72. The fourth-order valence-electron chi connectivity index (χ4n) is 1.89. The molecule has 0 amide bonds. The van der Waals surface area contributed by atoms with Crippen LogP contribution >= 0.6 is 11.3 Å². The summed E-state index contributed by atoms with van der Waals surface area (Å²) in [6.07, 6.45) is 1.22. The fraction of sp³-hybridized carbons (Fsp3) is 0.333. The zero-order valence-corrected chi connectivity index (χ0v) is 11.5. The van der Waals surface area contributed by atoms with Gasteiger partial charge in [0.15, 0.2) is 0 Å². The number of rotatable bonds is 5. The van der Waals surface area contributed by atoms with Crippen LogP contribution in [-0.2, 0) is 12.8 Å². The molecule has 1 heterocycles. The Balaban J connectivity index is 2.08. The van der Waals surface area contributed by atoms with Crippen LogP contribution in [0, 0.1) is 0 Å². The molecule has 0 bridgehead atoms. The molecule has 3 heteroatoms. The molecular formula is C15H18O2S. The number of thiophene rings is 1. The second-order valence-corrected chi connectivity index (χ2v) is 5.43. The topological polar surface area (TPSA) is 29.5 Å². The molecule has 96 valence electrons. The van der Waals surface area contributed by atoms with Crippen LogP contribution in [-0.4, -0.2) is 12.2 Å². The van der Waals surface area contributed by atoms with Gasteiger partial charge in [-0.15, -0.1) is 11.3 Å². The molecule has 18 heavy (non-hydrogen) atoms. The molecule has 1 aromatic heterocycles. The average molecular weight is 262 g/mol. The van der Waals surface area contributed by atoms with Gasteiger partial charge in [0.05, 0.1) is 13.2 Å². The number of benzene rings is 1. The van der Waals surface area contributed by atoms with Gasteiger partial charge in [0.25, 0.3) is 0 Å². The minimum absolute atomic E-state index is 0.428. The summed E-state index contributed by atoms with van der Waals surface area (Å²) in [7, 11) is 1.66. The maximum Gasteiger partial charge on any atom is 0.119 e. The van der Waals surface area contributed by atoms with Crippen LogP contribution in [0.15, 0.2) is 36.4 Å². The molecule has 1 aromatic carbocycles. The third-order valence-corrected chi connectivity index (χ3v) is 4.25. The van der Waals surface area contributed by atoms with Crippen molar-refractivity contribution >= 4 is 11.3 Å². The van der Waals surface area contributed by atoms with Crippen molar-refractivity contribution in [2.24, 2.45) is 0 Å². The standard InChI is InChI=1S/C15H18O2S/c1-3-13-7-8-15(18-13)14(16)10-11-5-4-6-12(9-11)17-2/h4-9,14,16H,3,10H2,1-2H3. The van der Waals surface area contributed by atoms with Crippen molar-refractivity contribution in [1.29, 1.82) is 0 Å². The Bertz CT molecular complexity index is 505. The first kappa shape index (κ1) is 13.1. The van der Waals surface area contributed by atoms with Crippen LogP contribution in [0.25, 0.3) is 0 Å². The number of methoxy groups -OCH3 is 1. The van der Waals surface area contributed by atoms with Crippen LogP contribution in [0.2, 0.25) is 0 Å². The van der Waals surface area contributed by atoms with E-state index in [2.05, 4.69) is 13.0 Å². The average Bonchev–Trinajstić information content (AvgIpc) is 2.88. The van der Waals surface area contributed by atoms with E-state index in [1.807, 2.05) is 30.3 Å². The van der Waals surface area contributed by atoms with Crippen molar-refractivity contribution in [2.75, 3.05) is 7.11 Å². The molecule has 0 aliphatic heterocycles. The van der Waals surface area contributed by atoms with Crippen molar-refractivity contribution in [1.82, 2.24) is 0 Å². The van der Waals surface area contributed by atoms with Crippen molar-refractivity contribution < 1.29 is 9.84 Å². The lowest BCUT2D eigenvalue weighted by Gasteiger charge is -2.09. The zero-order valence-electron chi connectivity index (χ0n) is 10.7. The lowest BCUT2D eigenvalue weighted by molar-refractivity contribution is 0.182. The molecule has 2 nitrogen and oxygen atoms in total. The Labute approximate surface area is 112 Å². The van der Waals surface area contributed by atoms with Crippen molar-refractivity contribution in [2.45, 2.75) is 25.9 Å². The van der Waals surface area contributed by atoms with Crippen LogP contribution in [0.4, 0.5) is 0 Å². The minimum atomic E-state index is -0.428. The Morgan fingerprint density at radius 2 is 2.11 bits per heavy atom. The second-order valence-electron chi connectivity index (χ2n) is 4.23. The maximum atomic E-state index is 10.2. The highest BCUT2D eigenvalue weighted by molar-refractivity contribution is 7.12. The molecule has 1 N–H and O–H groups in total. The van der Waals surface area contributed by atoms with E-state index in [-0.39, 0.29) is 0 Å². The SMILES string of the molecule is CCc1ccc(C(O)Cc2cccc(OC)c2)s1. The minimum Gasteiger partial charge on any atom is -0.497 e. The monoisotopic (exact) mass is 262 g/mol. The van der Waals surface area contributed by atoms with Gasteiger partial charge in [-0.2, -0.15) is 0 Å². The molecular weight excluding hydrogens is 244 g/mol. The third kappa shape index (κ3) is 3.12. The van der Waals surface area contributed by atoms with Gasteiger partial charge in [0.2, 0.25) is 0 Å². The van der Waals surface area contributed by atoms with Crippen LogP contribution in [0.1, 0.15) is 28.3 Å². The number of aryl methyl sites for hydroxylation is 1. The van der Waals surface area contributed by atoms with Gasteiger partial charge >= 0.3 is 0 Å². The molecule has 1 unspecified atom stereocenters. The van der Waals surface area contributed by atoms with E-state index < -0.39 is 6.10 Å².